The molecular weight excluding hydrogens is 465 g/mol. The Labute approximate surface area is 211 Å². The fourth-order valence-electron chi connectivity index (χ4n) is 3.95. The molecule has 36 heavy (non-hydrogen) atoms. The third-order valence-corrected chi connectivity index (χ3v) is 5.80. The lowest BCUT2D eigenvalue weighted by molar-refractivity contribution is -0.132. The van der Waals surface area contributed by atoms with Gasteiger partial charge in [-0.3, -0.25) is 14.3 Å². The zero-order chi connectivity index (χ0) is 25.3. The number of anilines is 2. The molecule has 1 fully saturated rings. The molecule has 2 N–H and O–H groups in total. The third-order valence-electron chi connectivity index (χ3n) is 5.80. The first-order valence-electron chi connectivity index (χ1n) is 12.0. The van der Waals surface area contributed by atoms with Crippen molar-refractivity contribution < 1.29 is 21.6 Å². The van der Waals surface area contributed by atoms with Gasteiger partial charge in [0, 0.05) is 34.8 Å². The van der Waals surface area contributed by atoms with Gasteiger partial charge in [-0.05, 0) is 44.4 Å². The smallest absolute Gasteiger partial charge is 0.310 e. The molecule has 0 radical (unpaired) electrons. The molecule has 2 aromatic heterocycles. The van der Waals surface area contributed by atoms with Crippen LogP contribution in [0.5, 0.6) is 5.75 Å². The van der Waals surface area contributed by atoms with E-state index in [4.69, 9.17) is 4.74 Å². The first-order valence-corrected chi connectivity index (χ1v) is 12.0. The van der Waals surface area contributed by atoms with Crippen molar-refractivity contribution in [1.29, 1.82) is 0 Å². The Morgan fingerprint density at radius 2 is 2.06 bits per heavy atom. The molecule has 0 saturated carbocycles. The minimum Gasteiger partial charge on any atom is -0.489 e. The van der Waals surface area contributed by atoms with Crippen LogP contribution in [0.25, 0.3) is 0 Å². The lowest BCUT2D eigenvalue weighted by Crippen LogP contribution is -2.40. The van der Waals surface area contributed by atoms with Crippen LogP contribution in [0.3, 0.4) is 0 Å². The maximum absolute atomic E-state index is 13.0. The van der Waals surface area contributed by atoms with E-state index in [-0.39, 0.29) is 40.3 Å². The van der Waals surface area contributed by atoms with Crippen LogP contribution < -0.4 is 15.4 Å². The lowest BCUT2D eigenvalue weighted by Gasteiger charge is -2.25. The van der Waals surface area contributed by atoms with Crippen LogP contribution in [0.15, 0.2) is 48.9 Å². The van der Waals surface area contributed by atoms with Gasteiger partial charge in [-0.15, -0.1) is 0 Å². The number of nitrogens with one attached hydrogen (secondary N) is 2. The second-order valence-electron chi connectivity index (χ2n) is 8.75. The highest BCUT2D eigenvalue weighted by molar-refractivity contribution is 5.90. The Morgan fingerprint density at radius 3 is 2.86 bits per heavy atom. The van der Waals surface area contributed by atoms with Gasteiger partial charge in [0.25, 0.3) is 0 Å². The predicted octanol–water partition coefficient (Wildman–Crippen LogP) is 3.51. The Hall–Kier alpha value is -4.02. The van der Waals surface area contributed by atoms with E-state index in [1.807, 2.05) is 36.1 Å². The maximum Gasteiger partial charge on any atom is 0.310 e. The van der Waals surface area contributed by atoms with E-state index in [1.54, 1.807) is 6.20 Å². The number of hydrogen-bond donors (Lipinski definition) is 2. The summed E-state index contributed by atoms with van der Waals surface area (Å²) in [6.45, 7) is 3.59. The minimum absolute atomic E-state index is 0. The molecule has 0 spiro atoms. The number of hydrogen-bond acceptors (Lipinski definition) is 7. The zero-order valence-corrected chi connectivity index (χ0v) is 20.2. The number of likely N-dealkylation sites (tertiary alicyclic amines) is 1. The predicted molar refractivity (Wildman–Crippen MR) is 136 cm³/mol. The van der Waals surface area contributed by atoms with Crippen molar-refractivity contribution in [3.8, 4) is 5.75 Å². The third kappa shape index (κ3) is 7.49. The molecule has 1 unspecified atom stereocenters. The molecule has 1 aliphatic rings. The maximum atomic E-state index is 13.0. The molecule has 194 valence electrons. The molecule has 0 aliphatic carbocycles. The van der Waals surface area contributed by atoms with Crippen molar-refractivity contribution in [2.45, 2.75) is 45.3 Å². The largest absolute Gasteiger partial charge is 0.489 e. The summed E-state index contributed by atoms with van der Waals surface area (Å²) in [6, 6.07) is 9.46. The SMILES string of the molecule is Cc1ccc(OC2CCCCN(C(=O)Cn3cc(NC(=O)CCNc4ccnc(F)n4)cn3)C2)cc1.[HH].[HH]. The second-order valence-corrected chi connectivity index (χ2v) is 8.75. The van der Waals surface area contributed by atoms with Crippen molar-refractivity contribution >= 4 is 23.3 Å². The van der Waals surface area contributed by atoms with Crippen molar-refractivity contribution in [3.05, 3.63) is 60.6 Å². The average Bonchev–Trinajstić information content (AvgIpc) is 3.14. The normalized spacial score (nSPS) is 15.7. The molecule has 4 rings (SSSR count). The van der Waals surface area contributed by atoms with E-state index >= 15 is 0 Å². The van der Waals surface area contributed by atoms with Gasteiger partial charge in [0.05, 0.1) is 18.4 Å². The molecule has 11 heteroatoms. The molecule has 10 nitrogen and oxygen atoms in total. The molecule has 3 aromatic rings. The summed E-state index contributed by atoms with van der Waals surface area (Å²) in [6.07, 6.45) is 6.51. The minimum atomic E-state index is -0.832. The van der Waals surface area contributed by atoms with Crippen LogP contribution in [0.2, 0.25) is 0 Å². The quantitative estimate of drug-likeness (QED) is 0.433. The highest BCUT2D eigenvalue weighted by Crippen LogP contribution is 2.19. The summed E-state index contributed by atoms with van der Waals surface area (Å²) in [4.78, 5) is 34.0. The molecule has 3 heterocycles. The van der Waals surface area contributed by atoms with Gasteiger partial charge in [-0.1, -0.05) is 17.7 Å². The second kappa shape index (κ2) is 12.1. The number of amides is 2. The van der Waals surface area contributed by atoms with E-state index in [2.05, 4.69) is 25.7 Å². The van der Waals surface area contributed by atoms with Gasteiger partial charge in [0.2, 0.25) is 11.8 Å². The number of benzene rings is 1. The molecule has 1 aromatic carbocycles. The molecule has 2 amide bonds. The Balaban J connectivity index is 0.00000253. The first kappa shape index (κ1) is 25.1. The van der Waals surface area contributed by atoms with Gasteiger partial charge < -0.3 is 20.3 Å². The number of aromatic nitrogens is 4. The van der Waals surface area contributed by atoms with Gasteiger partial charge in [0.15, 0.2) is 0 Å². The highest BCUT2D eigenvalue weighted by Gasteiger charge is 2.23. The van der Waals surface area contributed by atoms with E-state index < -0.39 is 6.08 Å². The molecule has 0 bridgehead atoms. The van der Waals surface area contributed by atoms with E-state index in [1.165, 1.54) is 28.7 Å². The molecule has 1 atom stereocenters. The van der Waals surface area contributed by atoms with Crippen LogP contribution >= 0.6 is 0 Å². The number of nitrogens with zero attached hydrogens (tertiary/aromatic N) is 5. The molecule has 1 aliphatic heterocycles. The van der Waals surface area contributed by atoms with Gasteiger partial charge >= 0.3 is 6.08 Å². The number of aryl methyl sites for hydroxylation is 1. The van der Waals surface area contributed by atoms with E-state index in [0.29, 0.717) is 24.6 Å². The molecule has 1 saturated heterocycles. The van der Waals surface area contributed by atoms with Crippen LogP contribution in [0.1, 0.15) is 34.1 Å². The monoisotopic (exact) mass is 499 g/mol. The summed E-state index contributed by atoms with van der Waals surface area (Å²) >= 11 is 0. The van der Waals surface area contributed by atoms with Crippen LogP contribution in [-0.2, 0) is 16.1 Å². The lowest BCUT2D eigenvalue weighted by atomic mass is 10.2. The van der Waals surface area contributed by atoms with Crippen LogP contribution in [-0.4, -0.2) is 62.2 Å². The summed E-state index contributed by atoms with van der Waals surface area (Å²) in [7, 11) is 0. The van der Waals surface area contributed by atoms with Crippen molar-refractivity contribution in [3.63, 3.8) is 0 Å². The highest BCUT2D eigenvalue weighted by atomic mass is 19.1. The van der Waals surface area contributed by atoms with Gasteiger partial charge in [-0.2, -0.15) is 14.5 Å². The van der Waals surface area contributed by atoms with E-state index in [9.17, 15) is 14.0 Å². The van der Waals surface area contributed by atoms with E-state index in [0.717, 1.165) is 25.0 Å². The topological polar surface area (TPSA) is 114 Å². The number of halogens is 1. The van der Waals surface area contributed by atoms with Gasteiger partial charge in [-0.25, -0.2) is 4.98 Å². The Kier molecular flexibility index (Phi) is 8.43. The number of carbonyl (C=O) groups excluding carboxylic acids is 2. The summed E-state index contributed by atoms with van der Waals surface area (Å²) < 4.78 is 20.7. The average molecular weight is 500 g/mol. The van der Waals surface area contributed by atoms with Gasteiger partial charge in [0.1, 0.15) is 24.2 Å². The standard InChI is InChI=1S/C25H30FN7O3.2H2/c1-18-5-7-20(8-6-18)36-21-4-2-3-13-32(16-21)24(35)17-33-15-19(14-29-33)30-23(34)10-12-27-22-9-11-28-25(26)31-22;;/h5-9,11,14-15,21H,2-4,10,12-13,16-17H2,1H3,(H,30,34)(H,27,28,31);2*1H. The summed E-state index contributed by atoms with van der Waals surface area (Å²) in [5.41, 5.74) is 1.67. The summed E-state index contributed by atoms with van der Waals surface area (Å²) in [5.74, 6) is 0.830. The number of rotatable bonds is 9. The number of ether oxygens (including phenoxy) is 1. The van der Waals surface area contributed by atoms with Crippen molar-refractivity contribution in [2.75, 3.05) is 30.3 Å². The first-order chi connectivity index (χ1) is 17.4. The Bertz CT molecular complexity index is 1180. The zero-order valence-electron chi connectivity index (χ0n) is 20.2. The Morgan fingerprint density at radius 1 is 1.22 bits per heavy atom. The number of carbonyl (C=O) groups is 2. The summed E-state index contributed by atoms with van der Waals surface area (Å²) in [5, 5.41) is 9.82. The fraction of sp³-hybridized carbons (Fsp3) is 0.400. The fourth-order valence-corrected chi connectivity index (χ4v) is 3.95. The van der Waals surface area contributed by atoms with Crippen LogP contribution in [0.4, 0.5) is 15.9 Å². The van der Waals surface area contributed by atoms with Crippen LogP contribution in [0, 0.1) is 13.0 Å². The van der Waals surface area contributed by atoms with Crippen molar-refractivity contribution in [2.24, 2.45) is 0 Å². The molecular formula is C25H34FN7O3. The van der Waals surface area contributed by atoms with Crippen molar-refractivity contribution in [1.82, 2.24) is 24.6 Å².